The number of pyridine rings is 1. The van der Waals surface area contributed by atoms with Gasteiger partial charge in [0, 0.05) is 24.8 Å². The first-order chi connectivity index (χ1) is 6.80. The van der Waals surface area contributed by atoms with Crippen LogP contribution in [0.15, 0.2) is 49.1 Å². The summed E-state index contributed by atoms with van der Waals surface area (Å²) < 4.78 is 0. The van der Waals surface area contributed by atoms with E-state index in [2.05, 4.69) is 9.97 Å². The fraction of sp³-hybridized carbons (Fsp3) is 0. The molecule has 2 heterocycles. The van der Waals surface area contributed by atoms with Crippen LogP contribution in [-0.2, 0) is 0 Å². The molecule has 0 aliphatic heterocycles. The van der Waals surface area contributed by atoms with E-state index in [4.69, 9.17) is 5.11 Å². The number of H-pyrrole nitrogens is 1. The van der Waals surface area contributed by atoms with E-state index < -0.39 is 5.97 Å². The van der Waals surface area contributed by atoms with Gasteiger partial charge < -0.3 is 10.1 Å². The van der Waals surface area contributed by atoms with Gasteiger partial charge in [-0.3, -0.25) is 4.98 Å². The van der Waals surface area contributed by atoms with Crippen LogP contribution in [0.2, 0.25) is 0 Å². The molecular formula is C10H11ClN2O2. The van der Waals surface area contributed by atoms with Gasteiger partial charge in [0.1, 0.15) is 0 Å². The fourth-order valence-electron chi connectivity index (χ4n) is 0.767. The van der Waals surface area contributed by atoms with Crippen molar-refractivity contribution in [2.24, 2.45) is 0 Å². The number of halogens is 1. The molecule has 0 saturated heterocycles. The molecule has 0 unspecified atom stereocenters. The Morgan fingerprint density at radius 3 is 2.20 bits per heavy atom. The van der Waals surface area contributed by atoms with Gasteiger partial charge in [-0.1, -0.05) is 0 Å². The molecule has 0 aliphatic carbocycles. The van der Waals surface area contributed by atoms with Gasteiger partial charge in [-0.25, -0.2) is 4.79 Å². The van der Waals surface area contributed by atoms with Crippen LogP contribution in [0.3, 0.4) is 0 Å². The summed E-state index contributed by atoms with van der Waals surface area (Å²) in [6.07, 6.45) is 6.59. The van der Waals surface area contributed by atoms with Crippen molar-refractivity contribution in [3.05, 3.63) is 54.6 Å². The lowest BCUT2D eigenvalue weighted by Gasteiger charge is -1.87. The summed E-state index contributed by atoms with van der Waals surface area (Å²) in [4.78, 5) is 16.6. The van der Waals surface area contributed by atoms with Crippen LogP contribution >= 0.6 is 12.4 Å². The Morgan fingerprint density at radius 2 is 1.93 bits per heavy atom. The number of hydrogen-bond acceptors (Lipinski definition) is 2. The summed E-state index contributed by atoms with van der Waals surface area (Å²) in [5, 5.41) is 8.34. The highest BCUT2D eigenvalue weighted by Gasteiger charge is 1.97. The molecule has 0 radical (unpaired) electrons. The van der Waals surface area contributed by atoms with Gasteiger partial charge in [0.25, 0.3) is 0 Å². The Bertz CT molecular complexity index is 345. The lowest BCUT2D eigenvalue weighted by Crippen LogP contribution is -1.94. The van der Waals surface area contributed by atoms with Crippen LogP contribution in [-0.4, -0.2) is 21.0 Å². The number of aromatic amines is 1. The standard InChI is InChI=1S/C6H5NO2.C4H5N.ClH/c8-6(9)5-2-1-3-7-4-5;1-2-4-5-3-1;/h1-4H,(H,8,9);1-5H;1H. The Kier molecular flexibility index (Phi) is 6.67. The Morgan fingerprint density at radius 1 is 1.27 bits per heavy atom. The molecule has 5 heteroatoms. The number of nitrogens with zero attached hydrogens (tertiary/aromatic N) is 1. The van der Waals surface area contributed by atoms with Gasteiger partial charge in [-0.2, -0.15) is 0 Å². The van der Waals surface area contributed by atoms with Crippen molar-refractivity contribution in [3.63, 3.8) is 0 Å². The minimum Gasteiger partial charge on any atom is -0.478 e. The van der Waals surface area contributed by atoms with Crippen LogP contribution in [0, 0.1) is 0 Å². The van der Waals surface area contributed by atoms with E-state index in [0.29, 0.717) is 0 Å². The lowest BCUT2D eigenvalue weighted by molar-refractivity contribution is 0.0696. The maximum atomic E-state index is 10.2. The zero-order valence-corrected chi connectivity index (χ0v) is 8.65. The third kappa shape index (κ3) is 5.49. The minimum atomic E-state index is -0.942. The number of nitrogens with one attached hydrogen (secondary N) is 1. The minimum absolute atomic E-state index is 0. The second-order valence-corrected chi connectivity index (χ2v) is 2.43. The molecule has 15 heavy (non-hydrogen) atoms. The van der Waals surface area contributed by atoms with Crippen molar-refractivity contribution < 1.29 is 9.90 Å². The van der Waals surface area contributed by atoms with E-state index in [1.165, 1.54) is 18.5 Å². The van der Waals surface area contributed by atoms with Gasteiger partial charge in [-0.05, 0) is 24.3 Å². The van der Waals surface area contributed by atoms with E-state index in [1.807, 2.05) is 24.5 Å². The molecule has 2 N–H and O–H groups in total. The van der Waals surface area contributed by atoms with Crippen molar-refractivity contribution >= 4 is 18.4 Å². The number of rotatable bonds is 1. The second-order valence-electron chi connectivity index (χ2n) is 2.43. The smallest absolute Gasteiger partial charge is 0.337 e. The van der Waals surface area contributed by atoms with Crippen LogP contribution in [0.25, 0.3) is 0 Å². The molecule has 2 aromatic heterocycles. The molecular weight excluding hydrogens is 216 g/mol. The molecule has 0 amide bonds. The quantitative estimate of drug-likeness (QED) is 0.784. The van der Waals surface area contributed by atoms with Gasteiger partial charge in [0.05, 0.1) is 5.56 Å². The number of carboxylic acid groups (broad SMARTS) is 1. The van der Waals surface area contributed by atoms with Crippen LogP contribution in [0.4, 0.5) is 0 Å². The lowest BCUT2D eigenvalue weighted by atomic mass is 10.3. The van der Waals surface area contributed by atoms with E-state index >= 15 is 0 Å². The largest absolute Gasteiger partial charge is 0.478 e. The monoisotopic (exact) mass is 226 g/mol. The summed E-state index contributed by atoms with van der Waals surface area (Å²) in [5.74, 6) is -0.942. The van der Waals surface area contributed by atoms with Gasteiger partial charge in [-0.15, -0.1) is 12.4 Å². The fourth-order valence-corrected chi connectivity index (χ4v) is 0.767. The number of aromatic nitrogens is 2. The third-order valence-electron chi connectivity index (χ3n) is 1.40. The molecule has 2 rings (SSSR count). The van der Waals surface area contributed by atoms with E-state index in [9.17, 15) is 4.79 Å². The average Bonchev–Trinajstić information content (AvgIpc) is 2.77. The van der Waals surface area contributed by atoms with Gasteiger partial charge >= 0.3 is 5.97 Å². The van der Waals surface area contributed by atoms with E-state index in [-0.39, 0.29) is 18.0 Å². The number of hydrogen-bond donors (Lipinski definition) is 2. The van der Waals surface area contributed by atoms with Gasteiger partial charge in [0.15, 0.2) is 0 Å². The molecule has 80 valence electrons. The normalized spacial score (nSPS) is 8.00. The molecule has 0 atom stereocenters. The Balaban J connectivity index is 0.000000280. The summed E-state index contributed by atoms with van der Waals surface area (Å²) in [7, 11) is 0. The number of carbonyl (C=O) groups is 1. The number of carboxylic acids is 1. The van der Waals surface area contributed by atoms with Crippen LogP contribution in [0.1, 0.15) is 10.4 Å². The maximum Gasteiger partial charge on any atom is 0.337 e. The Labute approximate surface area is 93.4 Å². The first kappa shape index (κ1) is 13.2. The molecule has 0 spiro atoms. The van der Waals surface area contributed by atoms with Crippen molar-refractivity contribution in [2.45, 2.75) is 0 Å². The molecule has 0 aromatic carbocycles. The molecule has 0 aliphatic rings. The predicted octanol–water partition coefficient (Wildman–Crippen LogP) is 2.22. The maximum absolute atomic E-state index is 10.2. The highest BCUT2D eigenvalue weighted by atomic mass is 35.5. The van der Waals surface area contributed by atoms with Gasteiger partial charge in [0.2, 0.25) is 0 Å². The van der Waals surface area contributed by atoms with E-state index in [1.54, 1.807) is 6.07 Å². The molecule has 2 aromatic rings. The predicted molar refractivity (Wildman–Crippen MR) is 59.2 cm³/mol. The molecule has 0 bridgehead atoms. The molecule has 0 fully saturated rings. The summed E-state index contributed by atoms with van der Waals surface area (Å²) in [6.45, 7) is 0. The highest BCUT2D eigenvalue weighted by molar-refractivity contribution is 5.86. The van der Waals surface area contributed by atoms with Crippen LogP contribution < -0.4 is 0 Å². The van der Waals surface area contributed by atoms with Crippen molar-refractivity contribution in [3.8, 4) is 0 Å². The van der Waals surface area contributed by atoms with Crippen molar-refractivity contribution in [2.75, 3.05) is 0 Å². The van der Waals surface area contributed by atoms with Crippen LogP contribution in [0.5, 0.6) is 0 Å². The van der Waals surface area contributed by atoms with Crippen molar-refractivity contribution in [1.29, 1.82) is 0 Å². The topological polar surface area (TPSA) is 66.0 Å². The molecule has 0 saturated carbocycles. The first-order valence-corrected chi connectivity index (χ1v) is 4.02. The summed E-state index contributed by atoms with van der Waals surface area (Å²) in [5.41, 5.74) is 0.220. The summed E-state index contributed by atoms with van der Waals surface area (Å²) in [6, 6.07) is 6.97. The second kappa shape index (κ2) is 7.58. The highest BCUT2D eigenvalue weighted by Crippen LogP contribution is 1.92. The first-order valence-electron chi connectivity index (χ1n) is 4.02. The zero-order chi connectivity index (χ0) is 10.2. The SMILES string of the molecule is Cl.O=C(O)c1cccnc1.c1cc[nH]c1. The third-order valence-corrected chi connectivity index (χ3v) is 1.40. The van der Waals surface area contributed by atoms with Crippen molar-refractivity contribution in [1.82, 2.24) is 9.97 Å². The van der Waals surface area contributed by atoms with E-state index in [0.717, 1.165) is 0 Å². The summed E-state index contributed by atoms with van der Waals surface area (Å²) >= 11 is 0. The molecule has 4 nitrogen and oxygen atoms in total. The number of aromatic carboxylic acids is 1. The Hall–Kier alpha value is -1.81. The zero-order valence-electron chi connectivity index (χ0n) is 7.83. The average molecular weight is 227 g/mol.